The number of hydrogen-bond donors (Lipinski definition) is 3. The van der Waals surface area contributed by atoms with E-state index >= 15 is 0 Å². The van der Waals surface area contributed by atoms with Crippen molar-refractivity contribution in [3.63, 3.8) is 0 Å². The molecule has 4 heteroatoms. The van der Waals surface area contributed by atoms with Crippen LogP contribution >= 0.6 is 0 Å². The molecule has 2 rings (SSSR count). The van der Waals surface area contributed by atoms with E-state index in [2.05, 4.69) is 4.98 Å². The predicted molar refractivity (Wildman–Crippen MR) is 66.4 cm³/mol. The number of aromatic nitrogens is 1. The zero-order chi connectivity index (χ0) is 12.4. The Bertz CT molecular complexity index is 533. The molecule has 17 heavy (non-hydrogen) atoms. The van der Waals surface area contributed by atoms with E-state index in [4.69, 9.17) is 5.73 Å². The van der Waals surface area contributed by atoms with Crippen molar-refractivity contribution in [2.75, 3.05) is 0 Å². The molecule has 1 amide bonds. The molecule has 0 aliphatic rings. The average molecular weight is 232 g/mol. The van der Waals surface area contributed by atoms with Gasteiger partial charge >= 0.3 is 0 Å². The third-order valence-corrected chi connectivity index (χ3v) is 3.05. The highest BCUT2D eigenvalue weighted by atomic mass is 16.3. The quantitative estimate of drug-likeness (QED) is 0.740. The number of aliphatic hydroxyl groups excluding tert-OH is 1. The normalized spacial score (nSPS) is 14.7. The van der Waals surface area contributed by atoms with Gasteiger partial charge in [-0.25, -0.2) is 0 Å². The smallest absolute Gasteiger partial charge is 0.246 e. The third-order valence-electron chi connectivity index (χ3n) is 3.05. The number of rotatable bonds is 4. The summed E-state index contributed by atoms with van der Waals surface area (Å²) in [5, 5.41) is 10.7. The number of fused-ring (bicyclic) bond motifs is 1. The van der Waals surface area contributed by atoms with E-state index in [1.54, 1.807) is 0 Å². The van der Waals surface area contributed by atoms with Crippen LogP contribution in [0.3, 0.4) is 0 Å². The molecule has 0 bridgehead atoms. The Morgan fingerprint density at radius 3 is 2.88 bits per heavy atom. The van der Waals surface area contributed by atoms with Crippen molar-refractivity contribution in [3.8, 4) is 0 Å². The predicted octanol–water partition coefficient (Wildman–Crippen LogP) is 1.19. The fraction of sp³-hybridized carbons (Fsp3) is 0.308. The molecule has 0 fully saturated rings. The number of amides is 1. The minimum Gasteiger partial charge on any atom is -0.383 e. The first-order valence-electron chi connectivity index (χ1n) is 5.62. The molecule has 4 nitrogen and oxygen atoms in total. The van der Waals surface area contributed by atoms with E-state index in [1.165, 1.54) is 0 Å². The van der Waals surface area contributed by atoms with Gasteiger partial charge in [-0.15, -0.1) is 0 Å². The van der Waals surface area contributed by atoms with Gasteiger partial charge in [-0.3, -0.25) is 4.79 Å². The van der Waals surface area contributed by atoms with Crippen molar-refractivity contribution in [2.45, 2.75) is 19.4 Å². The molecule has 1 unspecified atom stereocenters. The maximum absolute atomic E-state index is 10.9. The summed E-state index contributed by atoms with van der Waals surface area (Å²) >= 11 is 0. The molecule has 2 aromatic rings. The molecule has 0 aliphatic heterocycles. The summed E-state index contributed by atoms with van der Waals surface area (Å²) in [4.78, 5) is 14.1. The van der Waals surface area contributed by atoms with Gasteiger partial charge in [-0.2, -0.15) is 0 Å². The van der Waals surface area contributed by atoms with Gasteiger partial charge in [-0.1, -0.05) is 25.1 Å². The first-order valence-corrected chi connectivity index (χ1v) is 5.62. The number of carbonyl (C=O) groups is 1. The van der Waals surface area contributed by atoms with Crippen LogP contribution in [0, 0.1) is 5.92 Å². The SMILES string of the molecule is C[C@@H](Cc1c[nH]c2ccccc12)C(O)C(N)=O. The number of H-pyrrole nitrogens is 1. The number of benzene rings is 1. The molecule has 1 aromatic carbocycles. The van der Waals surface area contributed by atoms with E-state index in [0.29, 0.717) is 6.42 Å². The Hall–Kier alpha value is -1.81. The maximum atomic E-state index is 10.9. The van der Waals surface area contributed by atoms with Gasteiger partial charge in [0.25, 0.3) is 0 Å². The number of nitrogens with two attached hydrogens (primary N) is 1. The molecule has 0 saturated heterocycles. The first kappa shape index (κ1) is 11.7. The lowest BCUT2D eigenvalue weighted by atomic mass is 9.95. The lowest BCUT2D eigenvalue weighted by Crippen LogP contribution is -2.34. The van der Waals surface area contributed by atoms with Crippen LogP contribution in [0.5, 0.6) is 0 Å². The number of hydrogen-bond acceptors (Lipinski definition) is 2. The van der Waals surface area contributed by atoms with Crippen LogP contribution in [-0.2, 0) is 11.2 Å². The molecule has 90 valence electrons. The fourth-order valence-electron chi connectivity index (χ4n) is 2.04. The molecule has 0 saturated carbocycles. The summed E-state index contributed by atoms with van der Waals surface area (Å²) in [6, 6.07) is 7.94. The minimum atomic E-state index is -1.09. The molecular formula is C13H16N2O2. The van der Waals surface area contributed by atoms with Crippen LogP contribution in [0.4, 0.5) is 0 Å². The fourth-order valence-corrected chi connectivity index (χ4v) is 2.04. The van der Waals surface area contributed by atoms with Crippen molar-refractivity contribution < 1.29 is 9.90 Å². The van der Waals surface area contributed by atoms with Gasteiger partial charge in [0.15, 0.2) is 0 Å². The van der Waals surface area contributed by atoms with Gasteiger partial charge in [0, 0.05) is 17.1 Å². The first-order chi connectivity index (χ1) is 8.09. The Morgan fingerprint density at radius 1 is 1.47 bits per heavy atom. The number of primary amides is 1. The Morgan fingerprint density at radius 2 is 2.18 bits per heavy atom. The maximum Gasteiger partial charge on any atom is 0.246 e. The summed E-state index contributed by atoms with van der Waals surface area (Å²) in [5.41, 5.74) is 7.23. The summed E-state index contributed by atoms with van der Waals surface area (Å²) in [7, 11) is 0. The van der Waals surface area contributed by atoms with Gasteiger partial charge in [0.1, 0.15) is 6.10 Å². The van der Waals surface area contributed by atoms with E-state index in [9.17, 15) is 9.90 Å². The largest absolute Gasteiger partial charge is 0.383 e. The van der Waals surface area contributed by atoms with Crippen LogP contribution in [-0.4, -0.2) is 22.1 Å². The van der Waals surface area contributed by atoms with E-state index < -0.39 is 12.0 Å². The molecular weight excluding hydrogens is 216 g/mol. The second-order valence-electron chi connectivity index (χ2n) is 4.39. The number of para-hydroxylation sites is 1. The van der Waals surface area contributed by atoms with E-state index in [1.807, 2.05) is 37.4 Å². The lowest BCUT2D eigenvalue weighted by Gasteiger charge is -2.15. The topological polar surface area (TPSA) is 79.1 Å². The van der Waals surface area contributed by atoms with Gasteiger partial charge < -0.3 is 15.8 Å². The second kappa shape index (κ2) is 4.59. The number of aromatic amines is 1. The molecule has 0 spiro atoms. The standard InChI is InChI=1S/C13H16N2O2/c1-8(12(16)13(14)17)6-9-7-15-11-5-3-2-4-10(9)11/h2-5,7-8,12,15-16H,6H2,1H3,(H2,14,17)/t8-,12?/m0/s1. The Balaban J connectivity index is 2.21. The van der Waals surface area contributed by atoms with Crippen molar-refractivity contribution >= 4 is 16.8 Å². The lowest BCUT2D eigenvalue weighted by molar-refractivity contribution is -0.128. The molecule has 0 aliphatic carbocycles. The monoisotopic (exact) mass is 232 g/mol. The molecule has 0 radical (unpaired) electrons. The van der Waals surface area contributed by atoms with Crippen molar-refractivity contribution in [3.05, 3.63) is 36.0 Å². The summed E-state index contributed by atoms with van der Waals surface area (Å²) in [6.07, 6.45) is 1.44. The van der Waals surface area contributed by atoms with Crippen LogP contribution < -0.4 is 5.73 Å². The second-order valence-corrected chi connectivity index (χ2v) is 4.39. The van der Waals surface area contributed by atoms with Gasteiger partial charge in [-0.05, 0) is 24.0 Å². The molecule has 1 aromatic heterocycles. The van der Waals surface area contributed by atoms with Crippen LogP contribution in [0.15, 0.2) is 30.5 Å². The number of nitrogens with one attached hydrogen (secondary N) is 1. The number of aliphatic hydroxyl groups is 1. The van der Waals surface area contributed by atoms with E-state index in [-0.39, 0.29) is 5.92 Å². The van der Waals surface area contributed by atoms with Crippen LogP contribution in [0.2, 0.25) is 0 Å². The van der Waals surface area contributed by atoms with Crippen LogP contribution in [0.25, 0.3) is 10.9 Å². The number of carbonyl (C=O) groups excluding carboxylic acids is 1. The highest BCUT2D eigenvalue weighted by Crippen LogP contribution is 2.21. The summed E-state index contributed by atoms with van der Waals surface area (Å²) in [6.45, 7) is 1.82. The van der Waals surface area contributed by atoms with Crippen molar-refractivity contribution in [2.24, 2.45) is 11.7 Å². The Labute approximate surface area is 99.4 Å². The molecule has 1 heterocycles. The summed E-state index contributed by atoms with van der Waals surface area (Å²) < 4.78 is 0. The summed E-state index contributed by atoms with van der Waals surface area (Å²) in [5.74, 6) is -0.857. The van der Waals surface area contributed by atoms with E-state index in [0.717, 1.165) is 16.5 Å². The van der Waals surface area contributed by atoms with Crippen LogP contribution in [0.1, 0.15) is 12.5 Å². The van der Waals surface area contributed by atoms with Crippen molar-refractivity contribution in [1.82, 2.24) is 4.98 Å². The van der Waals surface area contributed by atoms with Gasteiger partial charge in [0.05, 0.1) is 0 Å². The average Bonchev–Trinajstić information content (AvgIpc) is 2.71. The van der Waals surface area contributed by atoms with Crippen molar-refractivity contribution in [1.29, 1.82) is 0 Å². The third kappa shape index (κ3) is 2.31. The minimum absolute atomic E-state index is 0.188. The zero-order valence-electron chi connectivity index (χ0n) is 9.68. The molecule has 4 N–H and O–H groups in total. The highest BCUT2D eigenvalue weighted by molar-refractivity contribution is 5.83. The zero-order valence-corrected chi connectivity index (χ0v) is 9.68. The highest BCUT2D eigenvalue weighted by Gasteiger charge is 2.20. The molecule has 2 atom stereocenters. The van der Waals surface area contributed by atoms with Gasteiger partial charge in [0.2, 0.25) is 5.91 Å². The Kier molecular flexibility index (Phi) is 3.15.